The smallest absolute Gasteiger partial charge is 0.155 e. The number of aliphatic hydroxyl groups is 1. The van der Waals surface area contributed by atoms with Crippen LogP contribution in [0.4, 0.5) is 4.39 Å². The summed E-state index contributed by atoms with van der Waals surface area (Å²) in [6.07, 6.45) is 2.58. The number of fused-ring (bicyclic) bond motifs is 1. The van der Waals surface area contributed by atoms with E-state index in [-0.39, 0.29) is 5.82 Å². The molecule has 4 rings (SSSR count). The summed E-state index contributed by atoms with van der Waals surface area (Å²) in [4.78, 5) is 6.36. The van der Waals surface area contributed by atoms with Crippen LogP contribution in [-0.4, -0.2) is 43.0 Å². The van der Waals surface area contributed by atoms with Crippen molar-refractivity contribution in [2.24, 2.45) is 7.05 Å². The fourth-order valence-corrected chi connectivity index (χ4v) is 3.41. The summed E-state index contributed by atoms with van der Waals surface area (Å²) in [6, 6.07) is 6.84. The Balaban J connectivity index is 1.49. The first-order valence-corrected chi connectivity index (χ1v) is 8.82. The molecular formula is C19H22FN5O2. The molecule has 0 bridgehead atoms. The first kappa shape index (κ1) is 17.7. The number of aryl methyl sites for hydroxylation is 1. The summed E-state index contributed by atoms with van der Waals surface area (Å²) in [5.74, 6) is 0.808. The van der Waals surface area contributed by atoms with Crippen LogP contribution in [0, 0.1) is 5.82 Å². The third-order valence-corrected chi connectivity index (χ3v) is 4.93. The Bertz CT molecular complexity index is 951. The van der Waals surface area contributed by atoms with Crippen LogP contribution >= 0.6 is 0 Å². The van der Waals surface area contributed by atoms with Crippen LogP contribution in [0.15, 0.2) is 36.7 Å². The molecule has 2 aromatic heterocycles. The van der Waals surface area contributed by atoms with Gasteiger partial charge in [0.2, 0.25) is 0 Å². The van der Waals surface area contributed by atoms with Gasteiger partial charge in [0.15, 0.2) is 6.10 Å². The number of halogens is 1. The molecule has 3 aromatic rings. The van der Waals surface area contributed by atoms with Gasteiger partial charge in [-0.2, -0.15) is 5.10 Å². The Kier molecular flexibility index (Phi) is 4.67. The molecule has 1 unspecified atom stereocenters. The minimum atomic E-state index is -0.865. The molecule has 1 aliphatic rings. The van der Waals surface area contributed by atoms with E-state index < -0.39 is 6.10 Å². The highest BCUT2D eigenvalue weighted by Crippen LogP contribution is 2.24. The van der Waals surface area contributed by atoms with Gasteiger partial charge in [0.1, 0.15) is 17.4 Å². The zero-order valence-electron chi connectivity index (χ0n) is 15.3. The molecule has 0 saturated heterocycles. The van der Waals surface area contributed by atoms with Crippen LogP contribution in [0.3, 0.4) is 0 Å². The van der Waals surface area contributed by atoms with Gasteiger partial charge >= 0.3 is 0 Å². The predicted octanol–water partition coefficient (Wildman–Crippen LogP) is 1.86. The zero-order valence-corrected chi connectivity index (χ0v) is 15.3. The van der Waals surface area contributed by atoms with Crippen LogP contribution in [0.5, 0.6) is 5.75 Å². The van der Waals surface area contributed by atoms with E-state index in [0.29, 0.717) is 42.5 Å². The van der Waals surface area contributed by atoms with Crippen molar-refractivity contribution in [2.45, 2.75) is 25.7 Å². The molecule has 0 spiro atoms. The SMILES string of the molecule is COc1ccc(CN2CCn3nc(C(O)c4nccn4C)cc3C2)c(F)c1. The maximum atomic E-state index is 14.2. The van der Waals surface area contributed by atoms with Crippen molar-refractivity contribution in [1.29, 1.82) is 0 Å². The van der Waals surface area contributed by atoms with E-state index in [9.17, 15) is 9.50 Å². The number of aromatic nitrogens is 4. The lowest BCUT2D eigenvalue weighted by Gasteiger charge is -2.27. The number of aliphatic hydroxyl groups excluding tert-OH is 1. The Hall–Kier alpha value is -2.71. The molecule has 1 N–H and O–H groups in total. The molecule has 1 aromatic carbocycles. The Morgan fingerprint density at radius 2 is 2.15 bits per heavy atom. The standard InChI is InChI=1S/C19H22FN5O2/c1-23-6-5-21-19(23)18(26)17-9-14-12-24(7-8-25(14)22-17)11-13-3-4-15(27-2)10-16(13)20/h3-6,9-10,18,26H,7-8,11-12H2,1-2H3. The molecule has 0 fully saturated rings. The predicted molar refractivity (Wildman–Crippen MR) is 96.6 cm³/mol. The molecule has 0 amide bonds. The van der Waals surface area contributed by atoms with E-state index in [0.717, 1.165) is 12.2 Å². The molecule has 0 saturated carbocycles. The number of methoxy groups -OCH3 is 1. The third-order valence-electron chi connectivity index (χ3n) is 4.93. The summed E-state index contributed by atoms with van der Waals surface area (Å²) < 4.78 is 23.0. The zero-order chi connectivity index (χ0) is 19.0. The molecule has 3 heterocycles. The van der Waals surface area contributed by atoms with Gasteiger partial charge in [-0.1, -0.05) is 6.07 Å². The average Bonchev–Trinajstić information content (AvgIpc) is 3.28. The fourth-order valence-electron chi connectivity index (χ4n) is 3.41. The molecule has 7 nitrogen and oxygen atoms in total. The number of hydrogen-bond acceptors (Lipinski definition) is 5. The molecule has 142 valence electrons. The minimum Gasteiger partial charge on any atom is -0.497 e. The molecular weight excluding hydrogens is 349 g/mol. The second-order valence-corrected chi connectivity index (χ2v) is 6.75. The van der Waals surface area contributed by atoms with Crippen molar-refractivity contribution < 1.29 is 14.2 Å². The maximum absolute atomic E-state index is 14.2. The summed E-state index contributed by atoms with van der Waals surface area (Å²) in [7, 11) is 3.36. The molecule has 1 aliphatic heterocycles. The Morgan fingerprint density at radius 1 is 1.30 bits per heavy atom. The maximum Gasteiger partial charge on any atom is 0.155 e. The van der Waals surface area contributed by atoms with Gasteiger partial charge in [-0.3, -0.25) is 9.58 Å². The van der Waals surface area contributed by atoms with Gasteiger partial charge in [0.05, 0.1) is 25.0 Å². The van der Waals surface area contributed by atoms with Crippen molar-refractivity contribution in [3.8, 4) is 5.75 Å². The van der Waals surface area contributed by atoms with Gasteiger partial charge in [-0.05, 0) is 12.1 Å². The highest BCUT2D eigenvalue weighted by molar-refractivity contribution is 5.29. The topological polar surface area (TPSA) is 68.3 Å². The number of benzene rings is 1. The van der Waals surface area contributed by atoms with Crippen molar-refractivity contribution in [1.82, 2.24) is 24.2 Å². The minimum absolute atomic E-state index is 0.265. The second-order valence-electron chi connectivity index (χ2n) is 6.75. The monoisotopic (exact) mass is 371 g/mol. The summed E-state index contributed by atoms with van der Waals surface area (Å²) in [5, 5.41) is 15.1. The van der Waals surface area contributed by atoms with Crippen LogP contribution in [-0.2, 0) is 26.7 Å². The van der Waals surface area contributed by atoms with Gasteiger partial charge in [0, 0.05) is 50.7 Å². The van der Waals surface area contributed by atoms with Crippen LogP contribution in [0.2, 0.25) is 0 Å². The summed E-state index contributed by atoms with van der Waals surface area (Å²) in [6.45, 7) is 2.61. The fraction of sp³-hybridized carbons (Fsp3) is 0.368. The van der Waals surface area contributed by atoms with E-state index in [4.69, 9.17) is 4.74 Å². The van der Waals surface area contributed by atoms with E-state index >= 15 is 0 Å². The van der Waals surface area contributed by atoms with Crippen molar-refractivity contribution in [2.75, 3.05) is 13.7 Å². The number of ether oxygens (including phenoxy) is 1. The van der Waals surface area contributed by atoms with Gasteiger partial charge < -0.3 is 14.4 Å². The van der Waals surface area contributed by atoms with E-state index in [1.165, 1.54) is 13.2 Å². The molecule has 0 radical (unpaired) electrons. The van der Waals surface area contributed by atoms with Crippen molar-refractivity contribution in [3.63, 3.8) is 0 Å². The number of nitrogens with zero attached hydrogens (tertiary/aromatic N) is 5. The van der Waals surface area contributed by atoms with Gasteiger partial charge in [-0.25, -0.2) is 9.37 Å². The highest BCUT2D eigenvalue weighted by Gasteiger charge is 2.24. The lowest BCUT2D eigenvalue weighted by Crippen LogP contribution is -2.33. The third kappa shape index (κ3) is 3.45. The van der Waals surface area contributed by atoms with Gasteiger partial charge in [0.25, 0.3) is 0 Å². The van der Waals surface area contributed by atoms with Gasteiger partial charge in [-0.15, -0.1) is 0 Å². The van der Waals surface area contributed by atoms with Crippen molar-refractivity contribution >= 4 is 0 Å². The summed E-state index contributed by atoms with van der Waals surface area (Å²) in [5.41, 5.74) is 2.22. The lowest BCUT2D eigenvalue weighted by molar-refractivity contribution is 0.193. The lowest BCUT2D eigenvalue weighted by atomic mass is 10.1. The van der Waals surface area contributed by atoms with Crippen molar-refractivity contribution in [3.05, 3.63) is 65.3 Å². The second kappa shape index (κ2) is 7.13. The normalized spacial score (nSPS) is 15.6. The number of imidazole rings is 1. The molecule has 1 atom stereocenters. The van der Waals surface area contributed by atoms with Crippen LogP contribution in [0.1, 0.15) is 28.9 Å². The molecule has 8 heteroatoms. The van der Waals surface area contributed by atoms with Crippen LogP contribution in [0.25, 0.3) is 0 Å². The number of hydrogen-bond donors (Lipinski definition) is 1. The van der Waals surface area contributed by atoms with E-state index in [1.54, 1.807) is 29.1 Å². The highest BCUT2D eigenvalue weighted by atomic mass is 19.1. The quantitative estimate of drug-likeness (QED) is 0.742. The molecule has 0 aliphatic carbocycles. The van der Waals surface area contributed by atoms with E-state index in [1.807, 2.05) is 17.8 Å². The Labute approximate surface area is 156 Å². The number of rotatable bonds is 5. The van der Waals surface area contributed by atoms with Crippen LogP contribution < -0.4 is 4.74 Å². The first-order chi connectivity index (χ1) is 13.0. The average molecular weight is 371 g/mol. The van der Waals surface area contributed by atoms with E-state index in [2.05, 4.69) is 15.0 Å². The first-order valence-electron chi connectivity index (χ1n) is 8.82. The largest absolute Gasteiger partial charge is 0.497 e. The summed E-state index contributed by atoms with van der Waals surface area (Å²) >= 11 is 0. The molecule has 27 heavy (non-hydrogen) atoms. The Morgan fingerprint density at radius 3 is 2.85 bits per heavy atom.